The van der Waals surface area contributed by atoms with Crippen LogP contribution in [0.4, 0.5) is 0 Å². The highest BCUT2D eigenvalue weighted by Gasteiger charge is 2.17. The van der Waals surface area contributed by atoms with E-state index in [-0.39, 0.29) is 11.3 Å². The van der Waals surface area contributed by atoms with Gasteiger partial charge in [0.1, 0.15) is 5.75 Å². The van der Waals surface area contributed by atoms with Gasteiger partial charge in [0.25, 0.3) is 5.56 Å². The van der Waals surface area contributed by atoms with Crippen LogP contribution in [0.25, 0.3) is 10.8 Å². The van der Waals surface area contributed by atoms with E-state index in [0.717, 1.165) is 10.2 Å². The lowest BCUT2D eigenvalue weighted by molar-refractivity contribution is 0.0728. The van der Waals surface area contributed by atoms with Crippen molar-refractivity contribution in [2.45, 2.75) is 6.42 Å². The molecule has 0 saturated carbocycles. The van der Waals surface area contributed by atoms with E-state index in [2.05, 4.69) is 11.2 Å². The fourth-order valence-corrected chi connectivity index (χ4v) is 2.37. The van der Waals surface area contributed by atoms with Gasteiger partial charge in [-0.05, 0) is 23.8 Å². The molecule has 0 unspecified atom stereocenters. The van der Waals surface area contributed by atoms with E-state index in [1.165, 1.54) is 7.05 Å². The quantitative estimate of drug-likeness (QED) is 0.546. The number of esters is 1. The van der Waals surface area contributed by atoms with Crippen LogP contribution in [0.2, 0.25) is 0 Å². The molecule has 3 rings (SSSR count). The number of carbonyl (C=O) groups is 1. The van der Waals surface area contributed by atoms with Crippen molar-refractivity contribution in [2.24, 2.45) is 7.05 Å². The minimum Gasteiger partial charge on any atom is -0.422 e. The Morgan fingerprint density at radius 3 is 2.50 bits per heavy atom. The van der Waals surface area contributed by atoms with Crippen molar-refractivity contribution in [1.29, 1.82) is 5.26 Å². The monoisotopic (exact) mass is 319 g/mol. The van der Waals surface area contributed by atoms with E-state index in [1.807, 2.05) is 0 Å². The second-order valence-electron chi connectivity index (χ2n) is 5.19. The molecule has 0 aliphatic carbocycles. The molecular formula is C18H13N3O3. The Balaban J connectivity index is 1.96. The third-order valence-corrected chi connectivity index (χ3v) is 3.57. The zero-order valence-corrected chi connectivity index (χ0v) is 12.9. The van der Waals surface area contributed by atoms with Gasteiger partial charge >= 0.3 is 5.97 Å². The molecule has 0 N–H and O–H groups in total. The summed E-state index contributed by atoms with van der Waals surface area (Å²) >= 11 is 0. The third kappa shape index (κ3) is 2.88. The van der Waals surface area contributed by atoms with Gasteiger partial charge in [0.15, 0.2) is 5.69 Å². The number of hydrogen-bond acceptors (Lipinski definition) is 5. The lowest BCUT2D eigenvalue weighted by atomic mass is 10.1. The summed E-state index contributed by atoms with van der Waals surface area (Å²) in [5.74, 6) is -0.295. The van der Waals surface area contributed by atoms with Crippen LogP contribution in [-0.2, 0) is 13.5 Å². The van der Waals surface area contributed by atoms with Gasteiger partial charge in [-0.25, -0.2) is 9.48 Å². The van der Waals surface area contributed by atoms with Gasteiger partial charge in [-0.1, -0.05) is 30.3 Å². The Kier molecular flexibility index (Phi) is 4.08. The number of aromatic nitrogens is 2. The number of ether oxygens (including phenoxy) is 1. The summed E-state index contributed by atoms with van der Waals surface area (Å²) in [6, 6.07) is 15.5. The van der Waals surface area contributed by atoms with Crippen LogP contribution in [0.15, 0.2) is 53.3 Å². The molecule has 2 aromatic carbocycles. The molecule has 0 bridgehead atoms. The first-order chi connectivity index (χ1) is 11.6. The van der Waals surface area contributed by atoms with Gasteiger partial charge in [-0.3, -0.25) is 4.79 Å². The van der Waals surface area contributed by atoms with Crippen molar-refractivity contribution in [3.63, 3.8) is 0 Å². The lowest BCUT2D eigenvalue weighted by Gasteiger charge is -2.08. The molecule has 118 valence electrons. The van der Waals surface area contributed by atoms with Crippen LogP contribution < -0.4 is 10.3 Å². The molecular weight excluding hydrogens is 306 g/mol. The maximum absolute atomic E-state index is 12.4. The number of hydrogen-bond donors (Lipinski definition) is 0. The van der Waals surface area contributed by atoms with Crippen molar-refractivity contribution in [3.05, 3.63) is 70.1 Å². The fraction of sp³-hybridized carbons (Fsp3) is 0.111. The average Bonchev–Trinajstić information content (AvgIpc) is 2.60. The molecule has 6 heteroatoms. The predicted octanol–water partition coefficient (Wildman–Crippen LogP) is 2.22. The molecule has 6 nitrogen and oxygen atoms in total. The second kappa shape index (κ2) is 6.34. The summed E-state index contributed by atoms with van der Waals surface area (Å²) in [5, 5.41) is 13.6. The van der Waals surface area contributed by atoms with Crippen molar-refractivity contribution in [1.82, 2.24) is 9.78 Å². The number of rotatable bonds is 3. The molecule has 24 heavy (non-hydrogen) atoms. The molecule has 0 atom stereocenters. The Morgan fingerprint density at radius 2 is 1.83 bits per heavy atom. The molecule has 0 aliphatic heterocycles. The maximum atomic E-state index is 12.4. The van der Waals surface area contributed by atoms with E-state index in [4.69, 9.17) is 10.00 Å². The van der Waals surface area contributed by atoms with Gasteiger partial charge in [0, 0.05) is 12.4 Å². The van der Waals surface area contributed by atoms with E-state index < -0.39 is 5.97 Å². The Morgan fingerprint density at radius 1 is 1.17 bits per heavy atom. The zero-order chi connectivity index (χ0) is 17.1. The highest BCUT2D eigenvalue weighted by atomic mass is 16.5. The SMILES string of the molecule is Cn1nc(C(=O)Oc2ccc(CC#N)cc2)c2ccccc2c1=O. The van der Waals surface area contributed by atoms with E-state index >= 15 is 0 Å². The van der Waals surface area contributed by atoms with E-state index in [1.54, 1.807) is 48.5 Å². The van der Waals surface area contributed by atoms with Gasteiger partial charge in [-0.15, -0.1) is 0 Å². The number of carbonyl (C=O) groups excluding carboxylic acids is 1. The summed E-state index contributed by atoms with van der Waals surface area (Å²) in [4.78, 5) is 24.5. The van der Waals surface area contributed by atoms with Crippen molar-refractivity contribution < 1.29 is 9.53 Å². The smallest absolute Gasteiger partial charge is 0.364 e. The second-order valence-corrected chi connectivity index (χ2v) is 5.19. The van der Waals surface area contributed by atoms with Gasteiger partial charge < -0.3 is 4.74 Å². The van der Waals surface area contributed by atoms with Crippen molar-refractivity contribution >= 4 is 16.7 Å². The molecule has 0 aliphatic rings. The Hall–Kier alpha value is -3.46. The van der Waals surface area contributed by atoms with Crippen LogP contribution in [0.1, 0.15) is 16.1 Å². The third-order valence-electron chi connectivity index (χ3n) is 3.57. The van der Waals surface area contributed by atoms with Crippen LogP contribution >= 0.6 is 0 Å². The summed E-state index contributed by atoms with van der Waals surface area (Å²) in [6.07, 6.45) is 0.293. The molecule has 0 amide bonds. The van der Waals surface area contributed by atoms with Crippen molar-refractivity contribution in [2.75, 3.05) is 0 Å². The van der Waals surface area contributed by atoms with Crippen LogP contribution in [0, 0.1) is 11.3 Å². The predicted molar refractivity (Wildman–Crippen MR) is 87.7 cm³/mol. The highest BCUT2D eigenvalue weighted by Crippen LogP contribution is 2.17. The van der Waals surface area contributed by atoms with Gasteiger partial charge in [0.2, 0.25) is 0 Å². The number of nitrogens with zero attached hydrogens (tertiary/aromatic N) is 3. The number of fused-ring (bicyclic) bond motifs is 1. The normalized spacial score (nSPS) is 10.3. The van der Waals surface area contributed by atoms with Gasteiger partial charge in [-0.2, -0.15) is 10.4 Å². The van der Waals surface area contributed by atoms with Crippen molar-refractivity contribution in [3.8, 4) is 11.8 Å². The van der Waals surface area contributed by atoms with Gasteiger partial charge in [0.05, 0.1) is 17.9 Å². The Bertz CT molecular complexity index is 1010. The summed E-state index contributed by atoms with van der Waals surface area (Å²) in [6.45, 7) is 0. The minimum atomic E-state index is -0.644. The molecule has 0 saturated heterocycles. The molecule has 1 heterocycles. The first-order valence-electron chi connectivity index (χ1n) is 7.24. The number of benzene rings is 2. The fourth-order valence-electron chi connectivity index (χ4n) is 2.37. The van der Waals surface area contributed by atoms with E-state index in [0.29, 0.717) is 22.9 Å². The highest BCUT2D eigenvalue weighted by molar-refractivity contribution is 6.02. The Labute approximate surface area is 137 Å². The summed E-state index contributed by atoms with van der Waals surface area (Å²) in [7, 11) is 1.49. The van der Waals surface area contributed by atoms with Crippen LogP contribution in [0.5, 0.6) is 5.75 Å². The maximum Gasteiger partial charge on any atom is 0.364 e. The number of nitriles is 1. The molecule has 0 fully saturated rings. The zero-order valence-electron chi connectivity index (χ0n) is 12.9. The molecule has 0 spiro atoms. The standard InChI is InChI=1S/C18H13N3O3/c1-21-17(22)15-5-3-2-4-14(15)16(20-21)18(23)24-13-8-6-12(7-9-13)10-11-19/h2-9H,10H2,1H3. The average molecular weight is 319 g/mol. The first-order valence-corrected chi connectivity index (χ1v) is 7.24. The van der Waals surface area contributed by atoms with Crippen LogP contribution in [-0.4, -0.2) is 15.7 Å². The first kappa shape index (κ1) is 15.4. The largest absolute Gasteiger partial charge is 0.422 e. The van der Waals surface area contributed by atoms with E-state index in [9.17, 15) is 9.59 Å². The molecule has 1 aromatic heterocycles. The van der Waals surface area contributed by atoms with Crippen LogP contribution in [0.3, 0.4) is 0 Å². The number of aryl methyl sites for hydroxylation is 1. The molecule has 0 radical (unpaired) electrons. The summed E-state index contributed by atoms with van der Waals surface area (Å²) in [5.41, 5.74) is 0.639. The molecule has 3 aromatic rings. The topological polar surface area (TPSA) is 85.0 Å². The minimum absolute atomic E-state index is 0.0776. The lowest BCUT2D eigenvalue weighted by Crippen LogP contribution is -2.24. The summed E-state index contributed by atoms with van der Waals surface area (Å²) < 4.78 is 6.46.